The van der Waals surface area contributed by atoms with Crippen LogP contribution in [0, 0.1) is 0 Å². The van der Waals surface area contributed by atoms with Crippen molar-refractivity contribution in [2.24, 2.45) is 0 Å². The van der Waals surface area contributed by atoms with Crippen LogP contribution >= 0.6 is 0 Å². The highest BCUT2D eigenvalue weighted by atomic mass is 15.1. The van der Waals surface area contributed by atoms with Crippen LogP contribution in [-0.2, 0) is 13.0 Å². The maximum Gasteiger partial charge on any atom is 0.0233 e. The van der Waals surface area contributed by atoms with Crippen molar-refractivity contribution in [3.05, 3.63) is 35.4 Å². The summed E-state index contributed by atoms with van der Waals surface area (Å²) in [5.41, 5.74) is 2.94. The zero-order valence-corrected chi connectivity index (χ0v) is 18.1. The number of nitrogens with zero attached hydrogens (tertiary/aromatic N) is 1. The van der Waals surface area contributed by atoms with Gasteiger partial charge in [0.1, 0.15) is 0 Å². The predicted octanol–water partition coefficient (Wildman–Crippen LogP) is 7.77. The minimum absolute atomic E-state index is 1.13. The molecule has 1 nitrogen and oxygen atoms in total. The fraction of sp³-hybridized carbons (Fsp3) is 0.760. The van der Waals surface area contributed by atoms with Crippen LogP contribution in [0.5, 0.6) is 0 Å². The molecule has 0 radical (unpaired) electrons. The molecule has 0 fully saturated rings. The number of benzene rings is 1. The Hall–Kier alpha value is -0.820. The highest BCUT2D eigenvalue weighted by Gasteiger charge is 2.06. The lowest BCUT2D eigenvalue weighted by atomic mass is 10.1. The number of hydrogen-bond donors (Lipinski definition) is 0. The first-order chi connectivity index (χ1) is 12.8. The molecule has 0 aliphatic rings. The quantitative estimate of drug-likeness (QED) is 0.257. The van der Waals surface area contributed by atoms with Crippen molar-refractivity contribution in [1.29, 1.82) is 0 Å². The molecule has 0 amide bonds. The Balaban J connectivity index is 2.35. The van der Waals surface area contributed by atoms with Gasteiger partial charge in [0.05, 0.1) is 0 Å². The van der Waals surface area contributed by atoms with E-state index in [4.69, 9.17) is 0 Å². The average molecular weight is 360 g/mol. The zero-order chi connectivity index (χ0) is 18.9. The van der Waals surface area contributed by atoms with Crippen molar-refractivity contribution in [1.82, 2.24) is 4.90 Å². The van der Waals surface area contributed by atoms with E-state index in [0.29, 0.717) is 0 Å². The molecular weight excluding hydrogens is 314 g/mol. The van der Waals surface area contributed by atoms with Gasteiger partial charge in [0, 0.05) is 6.54 Å². The first kappa shape index (κ1) is 23.2. The topological polar surface area (TPSA) is 3.24 Å². The molecule has 1 aromatic carbocycles. The molecule has 1 heteroatoms. The van der Waals surface area contributed by atoms with Gasteiger partial charge in [0.25, 0.3) is 0 Å². The SMILES string of the molecule is CCCCCCCCN(CCCCCCCC)Cc1ccc(CC)cc1. The molecule has 0 aromatic heterocycles. The van der Waals surface area contributed by atoms with E-state index < -0.39 is 0 Å². The largest absolute Gasteiger partial charge is 0.299 e. The van der Waals surface area contributed by atoms with Crippen LogP contribution in [0.3, 0.4) is 0 Å². The lowest BCUT2D eigenvalue weighted by molar-refractivity contribution is 0.252. The van der Waals surface area contributed by atoms with Crippen molar-refractivity contribution in [2.45, 2.75) is 111 Å². The molecule has 0 spiro atoms. The van der Waals surface area contributed by atoms with Crippen molar-refractivity contribution < 1.29 is 0 Å². The van der Waals surface area contributed by atoms with Gasteiger partial charge < -0.3 is 0 Å². The van der Waals surface area contributed by atoms with E-state index in [1.165, 1.54) is 101 Å². The second-order valence-electron chi connectivity index (χ2n) is 7.98. The Morgan fingerprint density at radius 1 is 0.538 bits per heavy atom. The summed E-state index contributed by atoms with van der Waals surface area (Å²) in [5.74, 6) is 0. The Morgan fingerprint density at radius 3 is 1.42 bits per heavy atom. The Morgan fingerprint density at radius 2 is 0.962 bits per heavy atom. The van der Waals surface area contributed by atoms with Gasteiger partial charge in [-0.25, -0.2) is 0 Å². The third kappa shape index (κ3) is 11.7. The van der Waals surface area contributed by atoms with Gasteiger partial charge >= 0.3 is 0 Å². The predicted molar refractivity (Wildman–Crippen MR) is 118 cm³/mol. The molecule has 0 saturated carbocycles. The van der Waals surface area contributed by atoms with Crippen LogP contribution in [0.1, 0.15) is 109 Å². The maximum atomic E-state index is 2.71. The summed E-state index contributed by atoms with van der Waals surface area (Å²) < 4.78 is 0. The number of hydrogen-bond acceptors (Lipinski definition) is 1. The molecule has 0 atom stereocenters. The molecule has 0 unspecified atom stereocenters. The first-order valence-electron chi connectivity index (χ1n) is 11.6. The van der Waals surface area contributed by atoms with E-state index in [1.807, 2.05) is 0 Å². The molecule has 1 rings (SSSR count). The van der Waals surface area contributed by atoms with Crippen LogP contribution in [0.2, 0.25) is 0 Å². The Kier molecular flexibility index (Phi) is 14.6. The van der Waals surface area contributed by atoms with Crippen molar-refractivity contribution >= 4 is 0 Å². The van der Waals surface area contributed by atoms with Gasteiger partial charge in [-0.3, -0.25) is 4.90 Å². The second-order valence-corrected chi connectivity index (χ2v) is 7.98. The van der Waals surface area contributed by atoms with Gasteiger partial charge in [-0.05, 0) is 43.5 Å². The fourth-order valence-electron chi connectivity index (χ4n) is 3.64. The lowest BCUT2D eigenvalue weighted by Crippen LogP contribution is -2.25. The Bertz CT molecular complexity index is 393. The molecule has 26 heavy (non-hydrogen) atoms. The fourth-order valence-corrected chi connectivity index (χ4v) is 3.64. The molecule has 0 N–H and O–H groups in total. The minimum Gasteiger partial charge on any atom is -0.299 e. The zero-order valence-electron chi connectivity index (χ0n) is 18.1. The van der Waals surface area contributed by atoms with Crippen LogP contribution in [-0.4, -0.2) is 18.0 Å². The lowest BCUT2D eigenvalue weighted by Gasteiger charge is -2.22. The molecule has 0 bridgehead atoms. The summed E-state index contributed by atoms with van der Waals surface area (Å²) in [4.78, 5) is 2.71. The molecule has 150 valence electrons. The van der Waals surface area contributed by atoms with Crippen LogP contribution < -0.4 is 0 Å². The minimum atomic E-state index is 1.13. The van der Waals surface area contributed by atoms with Crippen molar-refractivity contribution in [3.63, 3.8) is 0 Å². The van der Waals surface area contributed by atoms with Gasteiger partial charge in [0.15, 0.2) is 0 Å². The monoisotopic (exact) mass is 359 g/mol. The van der Waals surface area contributed by atoms with E-state index in [-0.39, 0.29) is 0 Å². The van der Waals surface area contributed by atoms with E-state index in [0.717, 1.165) is 13.0 Å². The highest BCUT2D eigenvalue weighted by molar-refractivity contribution is 5.22. The van der Waals surface area contributed by atoms with E-state index in [2.05, 4.69) is 49.9 Å². The van der Waals surface area contributed by atoms with Gasteiger partial charge in [0.2, 0.25) is 0 Å². The van der Waals surface area contributed by atoms with E-state index >= 15 is 0 Å². The summed E-state index contributed by atoms with van der Waals surface area (Å²) in [7, 11) is 0. The molecular formula is C25H45N. The molecule has 0 heterocycles. The van der Waals surface area contributed by atoms with Crippen molar-refractivity contribution in [2.75, 3.05) is 13.1 Å². The maximum absolute atomic E-state index is 2.71. The van der Waals surface area contributed by atoms with Gasteiger partial charge in [-0.2, -0.15) is 0 Å². The smallest absolute Gasteiger partial charge is 0.0233 e. The number of unbranched alkanes of at least 4 members (excludes halogenated alkanes) is 10. The second kappa shape index (κ2) is 16.4. The number of rotatable bonds is 17. The standard InChI is InChI=1S/C25H45N/c1-4-7-9-11-13-15-21-26(22-16-14-12-10-8-5-2)23-25-19-17-24(6-3)18-20-25/h17-20H,4-16,21-23H2,1-3H3. The summed E-state index contributed by atoms with van der Waals surface area (Å²) in [6.45, 7) is 10.5. The Labute approximate surface area is 164 Å². The third-order valence-electron chi connectivity index (χ3n) is 5.49. The molecule has 0 aliphatic carbocycles. The summed E-state index contributed by atoms with van der Waals surface area (Å²) in [5, 5.41) is 0. The van der Waals surface area contributed by atoms with Crippen LogP contribution in [0.4, 0.5) is 0 Å². The van der Waals surface area contributed by atoms with Gasteiger partial charge in [-0.15, -0.1) is 0 Å². The van der Waals surface area contributed by atoms with Crippen molar-refractivity contribution in [3.8, 4) is 0 Å². The number of aryl methyl sites for hydroxylation is 1. The van der Waals surface area contributed by atoms with Crippen LogP contribution in [0.25, 0.3) is 0 Å². The average Bonchev–Trinajstić information content (AvgIpc) is 2.67. The van der Waals surface area contributed by atoms with Crippen LogP contribution in [0.15, 0.2) is 24.3 Å². The highest BCUT2D eigenvalue weighted by Crippen LogP contribution is 2.13. The normalized spacial score (nSPS) is 11.4. The van der Waals surface area contributed by atoms with E-state index in [1.54, 1.807) is 0 Å². The molecule has 0 saturated heterocycles. The summed E-state index contributed by atoms with van der Waals surface area (Å²) in [6.07, 6.45) is 17.9. The molecule has 1 aromatic rings. The first-order valence-corrected chi connectivity index (χ1v) is 11.6. The third-order valence-corrected chi connectivity index (χ3v) is 5.49. The molecule has 0 aliphatic heterocycles. The summed E-state index contributed by atoms with van der Waals surface area (Å²) in [6, 6.07) is 9.30. The van der Waals surface area contributed by atoms with E-state index in [9.17, 15) is 0 Å². The summed E-state index contributed by atoms with van der Waals surface area (Å²) >= 11 is 0. The van der Waals surface area contributed by atoms with Gasteiger partial charge in [-0.1, -0.05) is 109 Å².